The van der Waals surface area contributed by atoms with Gasteiger partial charge in [0.1, 0.15) is 6.33 Å². The maximum Gasteiger partial charge on any atom is 1.00 e. The molecule has 44 valence electrons. The van der Waals surface area contributed by atoms with Crippen molar-refractivity contribution >= 4 is 11.6 Å². The third-order valence-electron chi connectivity index (χ3n) is 0.556. The predicted octanol–water partition coefficient (Wildman–Crippen LogP) is -3.07. The molecule has 0 bridgehead atoms. The first kappa shape index (κ1) is 9.10. The molecule has 0 spiro atoms. The molecule has 0 fully saturated rings. The Morgan fingerprint density at radius 2 is 2.33 bits per heavy atom. The monoisotopic (exact) mass is 155 g/mol. The van der Waals surface area contributed by atoms with Gasteiger partial charge in [-0.15, -0.1) is 0 Å². The Bertz CT molecular complexity index is 241. The summed E-state index contributed by atoms with van der Waals surface area (Å²) in [6.07, 6.45) is 1.10. The molecule has 1 heterocycles. The number of hydrogen-bond acceptors (Lipinski definition) is 3. The molecular formula is C3H3ClN3NaO. The van der Waals surface area contributed by atoms with Crippen LogP contribution in [0.25, 0.3) is 0 Å². The molecule has 0 amide bonds. The first-order chi connectivity index (χ1) is 3.79. The van der Waals surface area contributed by atoms with E-state index in [4.69, 9.17) is 11.6 Å². The molecule has 0 aliphatic rings. The number of halogens is 1. The van der Waals surface area contributed by atoms with E-state index >= 15 is 0 Å². The minimum absolute atomic E-state index is 0. The average Bonchev–Trinajstić information content (AvgIpc) is 1.64. The first-order valence-corrected chi connectivity index (χ1v) is 2.23. The van der Waals surface area contributed by atoms with E-state index in [1.165, 1.54) is 0 Å². The predicted molar refractivity (Wildman–Crippen MR) is 28.8 cm³/mol. The summed E-state index contributed by atoms with van der Waals surface area (Å²) in [5, 5.41) is 0.0602. The van der Waals surface area contributed by atoms with Crippen LogP contribution in [0.2, 0.25) is 5.28 Å². The average molecular weight is 156 g/mol. The van der Waals surface area contributed by atoms with Crippen molar-refractivity contribution in [2.75, 3.05) is 0 Å². The van der Waals surface area contributed by atoms with Gasteiger partial charge in [0.2, 0.25) is 5.28 Å². The SMILES string of the molecule is O=c1ncnc(Cl)[nH]1.[H-].[Na+]. The number of aromatic amines is 1. The van der Waals surface area contributed by atoms with Crippen LogP contribution in [0.4, 0.5) is 0 Å². The molecule has 0 aliphatic carbocycles. The van der Waals surface area contributed by atoms with E-state index in [-0.39, 0.29) is 36.3 Å². The number of rotatable bonds is 0. The van der Waals surface area contributed by atoms with Crippen LogP contribution in [-0.4, -0.2) is 15.0 Å². The van der Waals surface area contributed by atoms with Crippen molar-refractivity contribution in [2.45, 2.75) is 0 Å². The van der Waals surface area contributed by atoms with E-state index in [9.17, 15) is 4.79 Å². The molecule has 1 N–H and O–H groups in total. The maximum atomic E-state index is 10.2. The van der Waals surface area contributed by atoms with Crippen LogP contribution in [0.3, 0.4) is 0 Å². The van der Waals surface area contributed by atoms with Gasteiger partial charge in [-0.2, -0.15) is 4.98 Å². The van der Waals surface area contributed by atoms with Gasteiger partial charge in [0, 0.05) is 0 Å². The van der Waals surface area contributed by atoms with Gasteiger partial charge in [-0.3, -0.25) is 4.98 Å². The van der Waals surface area contributed by atoms with E-state index < -0.39 is 5.69 Å². The third kappa shape index (κ3) is 2.95. The molecule has 0 aliphatic heterocycles. The van der Waals surface area contributed by atoms with Crippen LogP contribution in [0, 0.1) is 0 Å². The van der Waals surface area contributed by atoms with Crippen LogP contribution < -0.4 is 35.2 Å². The molecule has 0 saturated heterocycles. The summed E-state index contributed by atoms with van der Waals surface area (Å²) in [6.45, 7) is 0. The molecule has 9 heavy (non-hydrogen) atoms. The third-order valence-corrected chi connectivity index (χ3v) is 0.748. The molecule has 4 nitrogen and oxygen atoms in total. The quantitative estimate of drug-likeness (QED) is 0.405. The molecule has 1 rings (SSSR count). The van der Waals surface area contributed by atoms with Gasteiger partial charge in [-0.1, -0.05) is 0 Å². The molecular weight excluding hydrogens is 152 g/mol. The van der Waals surface area contributed by atoms with Gasteiger partial charge in [-0.05, 0) is 11.6 Å². The second kappa shape index (κ2) is 4.00. The minimum atomic E-state index is -0.481. The van der Waals surface area contributed by atoms with Gasteiger partial charge in [-0.25, -0.2) is 9.78 Å². The molecule has 0 saturated carbocycles. The Labute approximate surface area is 79.5 Å². The Balaban J connectivity index is 0. The fourth-order valence-corrected chi connectivity index (χ4v) is 0.409. The standard InChI is InChI=1S/C3H2ClN3O.Na.H/c4-2-5-1-6-3(8)7-2;;/h1H,(H,5,6,7,8);;/q;+1;-1. The number of nitrogens with zero attached hydrogens (tertiary/aromatic N) is 2. The van der Waals surface area contributed by atoms with Crippen molar-refractivity contribution in [3.8, 4) is 0 Å². The Kier molecular flexibility index (Phi) is 4.05. The van der Waals surface area contributed by atoms with E-state index in [1.807, 2.05) is 0 Å². The Morgan fingerprint density at radius 1 is 1.67 bits per heavy atom. The van der Waals surface area contributed by atoms with Crippen molar-refractivity contribution in [2.24, 2.45) is 0 Å². The largest absolute Gasteiger partial charge is 1.00 e. The van der Waals surface area contributed by atoms with Crippen LogP contribution in [0.5, 0.6) is 0 Å². The van der Waals surface area contributed by atoms with Crippen molar-refractivity contribution < 1.29 is 31.0 Å². The van der Waals surface area contributed by atoms with Gasteiger partial charge in [0.15, 0.2) is 0 Å². The topological polar surface area (TPSA) is 58.6 Å². The summed E-state index contributed by atoms with van der Waals surface area (Å²) in [7, 11) is 0. The van der Waals surface area contributed by atoms with Crippen LogP contribution in [0.1, 0.15) is 1.43 Å². The number of H-pyrrole nitrogens is 1. The summed E-state index contributed by atoms with van der Waals surface area (Å²) < 4.78 is 0. The fourth-order valence-electron chi connectivity index (χ4n) is 0.285. The number of nitrogens with one attached hydrogen (secondary N) is 1. The molecule has 0 unspecified atom stereocenters. The summed E-state index contributed by atoms with van der Waals surface area (Å²) >= 11 is 5.24. The molecule has 0 aromatic carbocycles. The van der Waals surface area contributed by atoms with Crippen LogP contribution >= 0.6 is 11.6 Å². The maximum absolute atomic E-state index is 10.2. The van der Waals surface area contributed by atoms with Gasteiger partial charge < -0.3 is 1.43 Å². The zero-order valence-electron chi connectivity index (χ0n) is 5.76. The summed E-state index contributed by atoms with van der Waals surface area (Å²) in [5.41, 5.74) is -0.481. The normalized spacial score (nSPS) is 8.11. The van der Waals surface area contributed by atoms with Crippen LogP contribution in [-0.2, 0) is 0 Å². The van der Waals surface area contributed by atoms with Crippen molar-refractivity contribution in [1.82, 2.24) is 15.0 Å². The fraction of sp³-hybridized carbons (Fsp3) is 0. The van der Waals surface area contributed by atoms with Gasteiger partial charge >= 0.3 is 35.2 Å². The Morgan fingerprint density at radius 3 is 2.67 bits per heavy atom. The van der Waals surface area contributed by atoms with E-state index in [0.717, 1.165) is 6.33 Å². The van der Waals surface area contributed by atoms with Gasteiger partial charge in [0.05, 0.1) is 0 Å². The minimum Gasteiger partial charge on any atom is -1.00 e. The molecule has 0 radical (unpaired) electrons. The second-order valence-corrected chi connectivity index (χ2v) is 1.45. The zero-order valence-corrected chi connectivity index (χ0v) is 7.51. The molecule has 1 aromatic rings. The van der Waals surface area contributed by atoms with Crippen molar-refractivity contribution in [3.63, 3.8) is 0 Å². The Hall–Kier alpha value is 0.1000. The van der Waals surface area contributed by atoms with E-state index in [1.54, 1.807) is 0 Å². The molecule has 6 heteroatoms. The summed E-state index contributed by atoms with van der Waals surface area (Å²) in [6, 6.07) is 0. The smallest absolute Gasteiger partial charge is 1.00 e. The van der Waals surface area contributed by atoms with Crippen molar-refractivity contribution in [1.29, 1.82) is 0 Å². The summed E-state index contributed by atoms with van der Waals surface area (Å²) in [4.78, 5) is 19.0. The molecule has 0 atom stereocenters. The summed E-state index contributed by atoms with van der Waals surface area (Å²) in [5.74, 6) is 0. The van der Waals surface area contributed by atoms with E-state index in [0.29, 0.717) is 0 Å². The number of hydrogen-bond donors (Lipinski definition) is 1. The van der Waals surface area contributed by atoms with E-state index in [2.05, 4.69) is 15.0 Å². The molecule has 1 aromatic heterocycles. The van der Waals surface area contributed by atoms with Gasteiger partial charge in [0.25, 0.3) is 0 Å². The zero-order chi connectivity index (χ0) is 5.98. The first-order valence-electron chi connectivity index (χ1n) is 1.86. The second-order valence-electron chi connectivity index (χ2n) is 1.09. The van der Waals surface area contributed by atoms with Crippen molar-refractivity contribution in [3.05, 3.63) is 22.1 Å². The van der Waals surface area contributed by atoms with Crippen LogP contribution in [0.15, 0.2) is 11.1 Å². The number of aromatic nitrogens is 3.